The number of carbonyl (C=O) groups excluding carboxylic acids is 1. The quantitative estimate of drug-likeness (QED) is 0.104. The van der Waals surface area contributed by atoms with Gasteiger partial charge >= 0.3 is 0 Å². The van der Waals surface area contributed by atoms with Gasteiger partial charge in [0.25, 0.3) is 0 Å². The van der Waals surface area contributed by atoms with E-state index in [1.54, 1.807) is 0 Å². The zero-order chi connectivity index (χ0) is 25.3. The van der Waals surface area contributed by atoms with E-state index >= 15 is 0 Å². The Labute approximate surface area is 213 Å². The van der Waals surface area contributed by atoms with Crippen LogP contribution in [0.25, 0.3) is 0 Å². The number of rotatable bonds is 20. The molecule has 1 rings (SSSR count). The summed E-state index contributed by atoms with van der Waals surface area (Å²) in [6, 6.07) is 8.09. The van der Waals surface area contributed by atoms with Crippen LogP contribution in [0, 0.1) is 0 Å². The molecule has 1 aromatic rings. The maximum absolute atomic E-state index is 12.5. The number of carbonyl (C=O) groups is 1. The first-order valence-electron chi connectivity index (χ1n) is 14.4. The van der Waals surface area contributed by atoms with E-state index in [-0.39, 0.29) is 10.8 Å². The third-order valence-corrected chi connectivity index (χ3v) is 12.2. The molecule has 0 aliphatic carbocycles. The maximum Gasteiger partial charge on any atom is 0.192 e. The monoisotopic (exact) mass is 488 g/mol. The van der Waals surface area contributed by atoms with Gasteiger partial charge in [0.15, 0.2) is 14.1 Å². The highest BCUT2D eigenvalue weighted by Crippen LogP contribution is 2.37. The van der Waals surface area contributed by atoms with Gasteiger partial charge in [-0.1, -0.05) is 142 Å². The molecular formula is C31H56O2Si. The Balaban J connectivity index is 2.05. The van der Waals surface area contributed by atoms with Gasteiger partial charge in [-0.05, 0) is 30.1 Å². The number of Topliss-reactive ketones (excluding diaryl/α,β-unsaturated/α-hetero) is 1. The number of hydrogen-bond acceptors (Lipinski definition) is 2. The maximum atomic E-state index is 12.5. The number of ketones is 1. The zero-order valence-corrected chi connectivity index (χ0v) is 24.6. The van der Waals surface area contributed by atoms with Gasteiger partial charge < -0.3 is 4.43 Å². The van der Waals surface area contributed by atoms with Crippen LogP contribution >= 0.6 is 0 Å². The molecule has 0 aliphatic heterocycles. The van der Waals surface area contributed by atoms with Crippen molar-refractivity contribution in [2.45, 2.75) is 155 Å². The summed E-state index contributed by atoms with van der Waals surface area (Å²) in [6.45, 7) is 14.3. The summed E-state index contributed by atoms with van der Waals surface area (Å²) in [5.74, 6) is 0.284. The largest absolute Gasteiger partial charge is 0.413 e. The molecule has 2 nitrogen and oxygen atoms in total. The predicted octanol–water partition coefficient (Wildman–Crippen LogP) is 10.7. The molecule has 0 saturated heterocycles. The fourth-order valence-electron chi connectivity index (χ4n) is 4.07. The highest BCUT2D eigenvalue weighted by atomic mass is 28.4. The van der Waals surface area contributed by atoms with Crippen LogP contribution in [0.2, 0.25) is 18.1 Å². The van der Waals surface area contributed by atoms with Crippen molar-refractivity contribution >= 4 is 14.1 Å². The Morgan fingerprint density at radius 1 is 0.706 bits per heavy atom. The molecule has 0 aromatic heterocycles. The van der Waals surface area contributed by atoms with Crippen molar-refractivity contribution in [2.24, 2.45) is 0 Å². The Hall–Kier alpha value is -0.933. The molecule has 3 heteroatoms. The molecule has 0 fully saturated rings. The molecule has 0 aliphatic rings. The lowest BCUT2D eigenvalue weighted by Crippen LogP contribution is -2.40. The van der Waals surface area contributed by atoms with Crippen molar-refractivity contribution < 1.29 is 9.22 Å². The van der Waals surface area contributed by atoms with E-state index in [9.17, 15) is 4.79 Å². The molecule has 1 aromatic carbocycles. The minimum Gasteiger partial charge on any atom is -0.413 e. The van der Waals surface area contributed by atoms with Crippen LogP contribution in [0.3, 0.4) is 0 Å². The average molecular weight is 489 g/mol. The van der Waals surface area contributed by atoms with E-state index in [1.807, 2.05) is 12.1 Å². The normalized spacial score (nSPS) is 12.3. The van der Waals surface area contributed by atoms with Crippen molar-refractivity contribution in [2.75, 3.05) is 0 Å². The Bertz CT molecular complexity index is 642. The van der Waals surface area contributed by atoms with E-state index in [0.29, 0.717) is 13.0 Å². The molecule has 34 heavy (non-hydrogen) atoms. The molecule has 0 bridgehead atoms. The molecule has 0 atom stereocenters. The van der Waals surface area contributed by atoms with E-state index in [1.165, 1.54) is 89.9 Å². The van der Waals surface area contributed by atoms with Crippen LogP contribution in [0.1, 0.15) is 146 Å². The third-order valence-electron chi connectivity index (χ3n) is 7.69. The van der Waals surface area contributed by atoms with Gasteiger partial charge in [-0.25, -0.2) is 0 Å². The molecular weight excluding hydrogens is 432 g/mol. The summed E-state index contributed by atoms with van der Waals surface area (Å²) in [5.41, 5.74) is 2.01. The van der Waals surface area contributed by atoms with Crippen molar-refractivity contribution in [1.29, 1.82) is 0 Å². The van der Waals surface area contributed by atoms with Gasteiger partial charge in [0, 0.05) is 12.0 Å². The van der Waals surface area contributed by atoms with Crippen molar-refractivity contribution in [1.82, 2.24) is 0 Å². The first-order chi connectivity index (χ1) is 16.2. The first-order valence-corrected chi connectivity index (χ1v) is 17.3. The summed E-state index contributed by atoms with van der Waals surface area (Å²) in [4.78, 5) is 12.5. The Morgan fingerprint density at radius 2 is 1.12 bits per heavy atom. The van der Waals surface area contributed by atoms with Crippen molar-refractivity contribution in [3.8, 4) is 0 Å². The molecule has 196 valence electrons. The second kappa shape index (κ2) is 17.5. The summed E-state index contributed by atoms with van der Waals surface area (Å²) in [7, 11) is -1.74. The number of hydrogen-bond donors (Lipinski definition) is 0. The Kier molecular flexibility index (Phi) is 16.0. The fraction of sp³-hybridized carbons (Fsp3) is 0.774. The SMILES string of the molecule is CCCCCCCCCCCCCCCCCC(=O)c1ccc(CO[Si](C)(C)C(C)(C)C)cc1. The van der Waals surface area contributed by atoms with Crippen LogP contribution in [-0.2, 0) is 11.0 Å². The molecule has 0 N–H and O–H groups in total. The lowest BCUT2D eigenvalue weighted by molar-refractivity contribution is 0.0979. The topological polar surface area (TPSA) is 26.3 Å². The van der Waals surface area contributed by atoms with Crippen molar-refractivity contribution in [3.63, 3.8) is 0 Å². The predicted molar refractivity (Wildman–Crippen MR) is 152 cm³/mol. The smallest absolute Gasteiger partial charge is 0.192 e. The number of benzene rings is 1. The van der Waals surface area contributed by atoms with E-state index in [4.69, 9.17) is 4.43 Å². The van der Waals surface area contributed by atoms with Crippen LogP contribution in [0.5, 0.6) is 0 Å². The molecule has 0 heterocycles. The van der Waals surface area contributed by atoms with Gasteiger partial charge in [-0.15, -0.1) is 0 Å². The lowest BCUT2D eigenvalue weighted by Gasteiger charge is -2.36. The van der Waals surface area contributed by atoms with Crippen LogP contribution in [0.4, 0.5) is 0 Å². The lowest BCUT2D eigenvalue weighted by atomic mass is 10.0. The second-order valence-electron chi connectivity index (χ2n) is 11.9. The van der Waals surface area contributed by atoms with E-state index < -0.39 is 8.32 Å². The molecule has 0 saturated carbocycles. The summed E-state index contributed by atoms with van der Waals surface area (Å²) >= 11 is 0. The number of unbranched alkanes of at least 4 members (excludes halogenated alkanes) is 14. The summed E-state index contributed by atoms with van der Waals surface area (Å²) < 4.78 is 6.29. The van der Waals surface area contributed by atoms with Gasteiger partial charge in [0.05, 0.1) is 6.61 Å². The zero-order valence-electron chi connectivity index (χ0n) is 23.6. The highest BCUT2D eigenvalue weighted by molar-refractivity contribution is 6.74. The minimum atomic E-state index is -1.74. The molecule has 0 unspecified atom stereocenters. The summed E-state index contributed by atoms with van der Waals surface area (Å²) in [5, 5.41) is 0.218. The standard InChI is InChI=1S/C31H56O2Si/c1-7-8-9-10-11-12-13-14-15-16-17-18-19-20-21-22-30(32)29-25-23-28(24-26-29)27-33-34(5,6)31(2,3)4/h23-26H,7-22,27H2,1-6H3. The Morgan fingerprint density at radius 3 is 1.53 bits per heavy atom. The van der Waals surface area contributed by atoms with Crippen LogP contribution in [0.15, 0.2) is 24.3 Å². The van der Waals surface area contributed by atoms with Crippen LogP contribution in [-0.4, -0.2) is 14.1 Å². The van der Waals surface area contributed by atoms with Gasteiger partial charge in [0.2, 0.25) is 0 Å². The molecule has 0 spiro atoms. The third kappa shape index (κ3) is 13.8. The molecule has 0 radical (unpaired) electrons. The van der Waals surface area contributed by atoms with E-state index in [2.05, 4.69) is 52.9 Å². The van der Waals surface area contributed by atoms with Gasteiger partial charge in [0.1, 0.15) is 0 Å². The highest BCUT2D eigenvalue weighted by Gasteiger charge is 2.36. The summed E-state index contributed by atoms with van der Waals surface area (Å²) in [6.07, 6.45) is 21.0. The van der Waals surface area contributed by atoms with Gasteiger partial charge in [-0.3, -0.25) is 4.79 Å². The average Bonchev–Trinajstić information content (AvgIpc) is 2.79. The minimum absolute atomic E-state index is 0.218. The van der Waals surface area contributed by atoms with Crippen LogP contribution < -0.4 is 0 Å². The van der Waals surface area contributed by atoms with Crippen molar-refractivity contribution in [3.05, 3.63) is 35.4 Å². The van der Waals surface area contributed by atoms with Gasteiger partial charge in [-0.2, -0.15) is 0 Å². The second-order valence-corrected chi connectivity index (χ2v) is 16.7. The van der Waals surface area contributed by atoms with E-state index in [0.717, 1.165) is 17.5 Å². The fourth-order valence-corrected chi connectivity index (χ4v) is 5.03. The first kappa shape index (κ1) is 31.1. The molecule has 0 amide bonds.